The third kappa shape index (κ3) is 3.13. The van der Waals surface area contributed by atoms with Crippen molar-refractivity contribution >= 4 is 22.6 Å². The monoisotopic (exact) mass is 314 g/mol. The van der Waals surface area contributed by atoms with Gasteiger partial charge in [0, 0.05) is 9.13 Å². The Labute approximate surface area is 105 Å². The zero-order valence-corrected chi connectivity index (χ0v) is 11.5. The van der Waals surface area contributed by atoms with Crippen LogP contribution in [0.3, 0.4) is 0 Å². The molecule has 0 atom stereocenters. The lowest BCUT2D eigenvalue weighted by atomic mass is 9.86. The van der Waals surface area contributed by atoms with E-state index in [1.807, 2.05) is 12.1 Å². The first kappa shape index (κ1) is 12.4. The minimum atomic E-state index is 0.0711. The molecule has 0 bridgehead atoms. The summed E-state index contributed by atoms with van der Waals surface area (Å²) in [6.07, 6.45) is 5.20. The molecule has 2 heteroatoms. The predicted octanol–water partition coefficient (Wildman–Crippen LogP) is 3.60. The quantitative estimate of drug-likeness (QED) is 0.599. The van der Waals surface area contributed by atoms with Gasteiger partial charge in [-0.05, 0) is 40.1 Å². The Bertz CT molecular complexity index is 383. The topological polar surface area (TPSA) is 9.23 Å². The van der Waals surface area contributed by atoms with Crippen LogP contribution in [-0.2, 0) is 5.41 Å². The maximum atomic E-state index is 5.55. The second-order valence-corrected chi connectivity index (χ2v) is 5.52. The summed E-state index contributed by atoms with van der Waals surface area (Å²) in [5.41, 5.74) is 1.29. The van der Waals surface area contributed by atoms with E-state index in [0.29, 0.717) is 6.61 Å². The molecular formula is C13H15IO. The van der Waals surface area contributed by atoms with Gasteiger partial charge in [0.05, 0.1) is 0 Å². The molecule has 80 valence electrons. The highest BCUT2D eigenvalue weighted by Gasteiger charge is 2.21. The third-order valence-corrected chi connectivity index (χ3v) is 2.94. The first-order chi connectivity index (χ1) is 6.96. The molecule has 0 aliphatic carbocycles. The summed E-state index contributed by atoms with van der Waals surface area (Å²) >= 11 is 2.33. The van der Waals surface area contributed by atoms with Crippen LogP contribution in [0.1, 0.15) is 26.3 Å². The van der Waals surface area contributed by atoms with Crippen molar-refractivity contribution in [2.45, 2.75) is 26.2 Å². The number of hydrogen-bond donors (Lipinski definition) is 0. The van der Waals surface area contributed by atoms with Crippen LogP contribution in [0, 0.1) is 15.9 Å². The smallest absolute Gasteiger partial charge is 0.148 e. The van der Waals surface area contributed by atoms with E-state index in [-0.39, 0.29) is 5.41 Å². The Morgan fingerprint density at radius 1 is 1.40 bits per heavy atom. The fourth-order valence-corrected chi connectivity index (χ4v) is 2.75. The highest BCUT2D eigenvalue weighted by atomic mass is 127. The van der Waals surface area contributed by atoms with Gasteiger partial charge in [0.1, 0.15) is 12.4 Å². The van der Waals surface area contributed by atoms with Gasteiger partial charge >= 0.3 is 0 Å². The van der Waals surface area contributed by atoms with Crippen LogP contribution in [-0.4, -0.2) is 6.61 Å². The molecule has 0 amide bonds. The summed E-state index contributed by atoms with van der Waals surface area (Å²) in [5, 5.41) is 0. The van der Waals surface area contributed by atoms with Crippen molar-refractivity contribution in [2.24, 2.45) is 0 Å². The molecule has 0 saturated heterocycles. The van der Waals surface area contributed by atoms with Crippen LogP contribution in [0.5, 0.6) is 5.75 Å². The highest BCUT2D eigenvalue weighted by molar-refractivity contribution is 14.1. The van der Waals surface area contributed by atoms with Crippen molar-refractivity contribution in [1.82, 2.24) is 0 Å². The molecule has 0 spiro atoms. The number of hydrogen-bond acceptors (Lipinski definition) is 1. The highest BCUT2D eigenvalue weighted by Crippen LogP contribution is 2.34. The number of rotatable bonds is 2. The normalized spacial score (nSPS) is 10.9. The van der Waals surface area contributed by atoms with Gasteiger partial charge in [0.25, 0.3) is 0 Å². The molecule has 0 unspecified atom stereocenters. The summed E-state index contributed by atoms with van der Waals surface area (Å²) in [6, 6.07) is 6.05. The first-order valence-electron chi connectivity index (χ1n) is 4.82. The minimum absolute atomic E-state index is 0.0711. The van der Waals surface area contributed by atoms with E-state index in [2.05, 4.69) is 55.3 Å². The minimum Gasteiger partial charge on any atom is -0.481 e. The Morgan fingerprint density at radius 2 is 2.07 bits per heavy atom. The average Bonchev–Trinajstić information content (AvgIpc) is 2.12. The molecule has 0 aliphatic rings. The molecule has 0 saturated carbocycles. The van der Waals surface area contributed by atoms with Crippen LogP contribution in [0.4, 0.5) is 0 Å². The lowest BCUT2D eigenvalue weighted by Gasteiger charge is -2.23. The Balaban J connectivity index is 3.16. The molecule has 1 aromatic rings. The van der Waals surface area contributed by atoms with Crippen molar-refractivity contribution in [2.75, 3.05) is 6.61 Å². The maximum Gasteiger partial charge on any atom is 0.148 e. The van der Waals surface area contributed by atoms with Gasteiger partial charge in [-0.15, -0.1) is 6.42 Å². The zero-order valence-electron chi connectivity index (χ0n) is 9.30. The third-order valence-electron chi connectivity index (χ3n) is 2.04. The van der Waals surface area contributed by atoms with Crippen molar-refractivity contribution < 1.29 is 4.74 Å². The lowest BCUT2D eigenvalue weighted by molar-refractivity contribution is 0.357. The zero-order chi connectivity index (χ0) is 11.5. The van der Waals surface area contributed by atoms with E-state index in [1.165, 1.54) is 9.13 Å². The first-order valence-corrected chi connectivity index (χ1v) is 5.90. The summed E-state index contributed by atoms with van der Waals surface area (Å²) in [7, 11) is 0. The van der Waals surface area contributed by atoms with Crippen molar-refractivity contribution in [1.29, 1.82) is 0 Å². The van der Waals surface area contributed by atoms with E-state index in [1.54, 1.807) is 0 Å². The summed E-state index contributed by atoms with van der Waals surface area (Å²) < 4.78 is 6.77. The average molecular weight is 314 g/mol. The standard InChI is InChI=1S/C13H15IO/c1-5-9-15-11-8-6-7-10(14)12(11)13(2,3)4/h1,6-8H,9H2,2-4H3. The van der Waals surface area contributed by atoms with Crippen LogP contribution in [0.2, 0.25) is 0 Å². The fraction of sp³-hybridized carbons (Fsp3) is 0.385. The van der Waals surface area contributed by atoms with Crippen LogP contribution >= 0.6 is 22.6 Å². The second kappa shape index (κ2) is 4.89. The molecule has 15 heavy (non-hydrogen) atoms. The number of ether oxygens (including phenoxy) is 1. The van der Waals surface area contributed by atoms with Crippen LogP contribution < -0.4 is 4.74 Å². The van der Waals surface area contributed by atoms with Gasteiger partial charge in [0.2, 0.25) is 0 Å². The summed E-state index contributed by atoms with van der Waals surface area (Å²) in [6.45, 7) is 6.84. The Kier molecular flexibility index (Phi) is 4.04. The molecule has 0 aromatic heterocycles. The largest absolute Gasteiger partial charge is 0.481 e. The number of halogens is 1. The van der Waals surface area contributed by atoms with E-state index < -0.39 is 0 Å². The molecule has 0 N–H and O–H groups in total. The van der Waals surface area contributed by atoms with E-state index in [9.17, 15) is 0 Å². The van der Waals surface area contributed by atoms with E-state index in [0.717, 1.165) is 5.75 Å². The molecule has 0 heterocycles. The Hall–Kier alpha value is -0.690. The van der Waals surface area contributed by atoms with Gasteiger partial charge < -0.3 is 4.74 Å². The van der Waals surface area contributed by atoms with Crippen molar-refractivity contribution in [3.05, 3.63) is 27.3 Å². The molecule has 0 fully saturated rings. The molecule has 1 rings (SSSR count). The van der Waals surface area contributed by atoms with Gasteiger partial charge in [-0.1, -0.05) is 32.8 Å². The van der Waals surface area contributed by atoms with Gasteiger partial charge in [-0.25, -0.2) is 0 Å². The fourth-order valence-electron chi connectivity index (χ4n) is 1.47. The molecular weight excluding hydrogens is 299 g/mol. The van der Waals surface area contributed by atoms with E-state index in [4.69, 9.17) is 11.2 Å². The van der Waals surface area contributed by atoms with E-state index >= 15 is 0 Å². The molecule has 1 nitrogen and oxygen atoms in total. The van der Waals surface area contributed by atoms with Crippen molar-refractivity contribution in [3.63, 3.8) is 0 Å². The Morgan fingerprint density at radius 3 is 2.60 bits per heavy atom. The summed E-state index contributed by atoms with van der Waals surface area (Å²) in [4.78, 5) is 0. The molecule has 1 aromatic carbocycles. The molecule has 0 radical (unpaired) electrons. The lowest BCUT2D eigenvalue weighted by Crippen LogP contribution is -2.15. The number of terminal acetylenes is 1. The van der Waals surface area contributed by atoms with Crippen LogP contribution in [0.15, 0.2) is 18.2 Å². The predicted molar refractivity (Wildman–Crippen MR) is 72.2 cm³/mol. The molecule has 0 aliphatic heterocycles. The van der Waals surface area contributed by atoms with Gasteiger partial charge in [0.15, 0.2) is 0 Å². The van der Waals surface area contributed by atoms with Crippen LogP contribution in [0.25, 0.3) is 0 Å². The number of benzene rings is 1. The summed E-state index contributed by atoms with van der Waals surface area (Å²) in [5.74, 6) is 3.39. The van der Waals surface area contributed by atoms with Gasteiger partial charge in [-0.3, -0.25) is 0 Å². The van der Waals surface area contributed by atoms with Crippen molar-refractivity contribution in [3.8, 4) is 18.1 Å². The maximum absolute atomic E-state index is 5.55. The van der Waals surface area contributed by atoms with Gasteiger partial charge in [-0.2, -0.15) is 0 Å². The SMILES string of the molecule is C#CCOc1cccc(I)c1C(C)(C)C. The second-order valence-electron chi connectivity index (χ2n) is 4.36.